The number of carbonyl (C=O) groups excluding carboxylic acids is 1. The number of benzene rings is 3. The molecule has 0 radical (unpaired) electrons. The summed E-state index contributed by atoms with van der Waals surface area (Å²) in [5.74, 6) is -0.0351. The summed E-state index contributed by atoms with van der Waals surface area (Å²) >= 11 is 3.40. The van der Waals surface area contributed by atoms with E-state index < -0.39 is 12.3 Å². The Bertz CT molecular complexity index is 1480. The first kappa shape index (κ1) is 32.1. The molecular formula is C34H38N2O6S2. The number of hydrogen-bond acceptors (Lipinski definition) is 8. The summed E-state index contributed by atoms with van der Waals surface area (Å²) in [7, 11) is 0. The molecule has 0 bridgehead atoms. The number of aliphatic carboxylic acids is 1. The molecule has 5 rings (SSSR count). The van der Waals surface area contributed by atoms with Gasteiger partial charge in [-0.05, 0) is 41.7 Å². The molecule has 1 amide bonds. The Morgan fingerprint density at radius 2 is 1.59 bits per heavy atom. The van der Waals surface area contributed by atoms with E-state index in [2.05, 4.69) is 11.4 Å². The van der Waals surface area contributed by atoms with E-state index in [9.17, 15) is 14.7 Å². The number of amides is 1. The Hall–Kier alpha value is -3.28. The zero-order valence-electron chi connectivity index (χ0n) is 24.5. The third-order valence-electron chi connectivity index (χ3n) is 7.57. The van der Waals surface area contributed by atoms with Crippen molar-refractivity contribution < 1.29 is 29.3 Å². The number of hydrogen-bond donors (Lipinski definition) is 3. The van der Waals surface area contributed by atoms with Crippen molar-refractivity contribution in [2.24, 2.45) is 0 Å². The molecule has 1 fully saturated rings. The normalized spacial score (nSPS) is 18.3. The number of ether oxygens (including phenoxy) is 2. The molecule has 0 unspecified atom stereocenters. The van der Waals surface area contributed by atoms with Gasteiger partial charge in [-0.3, -0.25) is 9.59 Å². The van der Waals surface area contributed by atoms with Crippen LogP contribution in [-0.4, -0.2) is 38.9 Å². The van der Waals surface area contributed by atoms with Crippen LogP contribution >= 0.6 is 23.1 Å². The number of nitrogens with zero attached hydrogens (tertiary/aromatic N) is 1. The highest BCUT2D eigenvalue weighted by molar-refractivity contribution is 8.01. The molecule has 0 aliphatic carbocycles. The van der Waals surface area contributed by atoms with Gasteiger partial charge in [0.25, 0.3) is 0 Å². The fourth-order valence-corrected chi connectivity index (χ4v) is 7.21. The Morgan fingerprint density at radius 3 is 2.32 bits per heavy atom. The molecule has 0 saturated carbocycles. The van der Waals surface area contributed by atoms with Gasteiger partial charge in [-0.15, -0.1) is 11.3 Å². The number of carbonyl (C=O) groups is 2. The predicted octanol–water partition coefficient (Wildman–Crippen LogP) is 7.17. The maximum absolute atomic E-state index is 12.3. The summed E-state index contributed by atoms with van der Waals surface area (Å²) < 4.78 is 15.1. The molecule has 3 atom stereocenters. The highest BCUT2D eigenvalue weighted by atomic mass is 32.2. The van der Waals surface area contributed by atoms with Crippen LogP contribution in [0, 0.1) is 0 Å². The molecule has 10 heteroatoms. The molecule has 1 aromatic heterocycles. The highest BCUT2D eigenvalue weighted by Gasteiger charge is 2.32. The van der Waals surface area contributed by atoms with E-state index in [0.29, 0.717) is 25.8 Å². The van der Waals surface area contributed by atoms with Gasteiger partial charge in [0.15, 0.2) is 10.6 Å². The number of aliphatic hydroxyl groups excluding tert-OH is 1. The van der Waals surface area contributed by atoms with Crippen molar-refractivity contribution in [1.29, 1.82) is 0 Å². The topological polar surface area (TPSA) is 118 Å². The molecule has 1 aliphatic rings. The first-order valence-corrected chi connectivity index (χ1v) is 16.8. The molecule has 44 heavy (non-hydrogen) atoms. The zero-order chi connectivity index (χ0) is 30.7. The van der Waals surface area contributed by atoms with E-state index >= 15 is 0 Å². The van der Waals surface area contributed by atoms with E-state index in [0.717, 1.165) is 57.1 Å². The highest BCUT2D eigenvalue weighted by Crippen LogP contribution is 2.40. The quantitative estimate of drug-likeness (QED) is 0.0931. The standard InChI is InChI=1S/C34H38N2O6S2/c37-21-24-13-15-25(16-14-24)29-19-27(22-43-34-36-28-7-5-6-8-30(28)44-34)41-33(42-29)26-17-11-23(12-18-26)20-35-31(38)9-3-1-2-4-10-32(39)40/h5-8,11-18,27,29,33,37H,1-4,9-10,19-22H2,(H,35,38)(H,39,40)/t27-,29+,33+/m1/s1. The number of fused-ring (bicyclic) bond motifs is 1. The lowest BCUT2D eigenvalue weighted by Gasteiger charge is -2.36. The lowest BCUT2D eigenvalue weighted by atomic mass is 10.0. The van der Waals surface area contributed by atoms with Crippen LogP contribution in [0.1, 0.15) is 79.6 Å². The summed E-state index contributed by atoms with van der Waals surface area (Å²) in [5, 5.41) is 21.2. The van der Waals surface area contributed by atoms with Crippen LogP contribution in [0.4, 0.5) is 0 Å². The molecule has 4 aromatic rings. The maximum atomic E-state index is 12.3. The molecular weight excluding hydrogens is 597 g/mol. The summed E-state index contributed by atoms with van der Waals surface area (Å²) in [5.41, 5.74) is 4.81. The van der Waals surface area contributed by atoms with Crippen molar-refractivity contribution in [1.82, 2.24) is 10.3 Å². The minimum absolute atomic E-state index is 0.000370. The monoisotopic (exact) mass is 634 g/mol. The van der Waals surface area contributed by atoms with Crippen LogP contribution < -0.4 is 5.32 Å². The van der Waals surface area contributed by atoms with Gasteiger partial charge in [-0.25, -0.2) is 4.98 Å². The molecule has 3 aromatic carbocycles. The van der Waals surface area contributed by atoms with Gasteiger partial charge in [-0.1, -0.05) is 85.3 Å². The van der Waals surface area contributed by atoms with Gasteiger partial charge < -0.3 is 25.0 Å². The van der Waals surface area contributed by atoms with Crippen LogP contribution in [0.5, 0.6) is 0 Å². The smallest absolute Gasteiger partial charge is 0.303 e. The second-order valence-corrected chi connectivity index (χ2v) is 13.2. The number of unbranched alkanes of at least 4 members (excludes halogenated alkanes) is 3. The number of nitrogens with one attached hydrogen (secondary N) is 1. The van der Waals surface area contributed by atoms with E-state index in [1.807, 2.05) is 66.7 Å². The Labute approximate surface area is 265 Å². The summed E-state index contributed by atoms with van der Waals surface area (Å²) in [6, 6.07) is 24.0. The van der Waals surface area contributed by atoms with E-state index in [4.69, 9.17) is 19.6 Å². The Balaban J connectivity index is 1.17. The summed E-state index contributed by atoms with van der Waals surface area (Å²) in [6.45, 7) is 0.437. The van der Waals surface area contributed by atoms with Crippen molar-refractivity contribution in [3.05, 3.63) is 95.1 Å². The van der Waals surface area contributed by atoms with Crippen LogP contribution in [0.3, 0.4) is 0 Å². The number of aromatic nitrogens is 1. The number of aliphatic hydroxyl groups is 1. The van der Waals surface area contributed by atoms with Crippen LogP contribution in [-0.2, 0) is 32.2 Å². The van der Waals surface area contributed by atoms with E-state index in [1.54, 1.807) is 23.1 Å². The average molecular weight is 635 g/mol. The van der Waals surface area contributed by atoms with Crippen LogP contribution in [0.25, 0.3) is 10.2 Å². The molecule has 0 spiro atoms. The minimum Gasteiger partial charge on any atom is -0.481 e. The average Bonchev–Trinajstić information content (AvgIpc) is 3.48. The largest absolute Gasteiger partial charge is 0.481 e. The number of carboxylic acid groups (broad SMARTS) is 1. The minimum atomic E-state index is -0.775. The number of carboxylic acids is 1. The van der Waals surface area contributed by atoms with Crippen molar-refractivity contribution in [3.63, 3.8) is 0 Å². The number of rotatable bonds is 15. The van der Waals surface area contributed by atoms with Crippen molar-refractivity contribution in [2.75, 3.05) is 5.75 Å². The third kappa shape index (κ3) is 9.36. The fraction of sp³-hybridized carbons (Fsp3) is 0.382. The van der Waals surface area contributed by atoms with Crippen LogP contribution in [0.2, 0.25) is 0 Å². The van der Waals surface area contributed by atoms with Crippen molar-refractivity contribution in [3.8, 4) is 0 Å². The van der Waals surface area contributed by atoms with Gasteiger partial charge in [0, 0.05) is 37.1 Å². The van der Waals surface area contributed by atoms with Crippen molar-refractivity contribution in [2.45, 2.75) is 80.9 Å². The molecule has 8 nitrogen and oxygen atoms in total. The number of para-hydroxylation sites is 1. The van der Waals surface area contributed by atoms with E-state index in [1.165, 1.54) is 4.70 Å². The molecule has 1 aliphatic heterocycles. The Morgan fingerprint density at radius 1 is 0.886 bits per heavy atom. The van der Waals surface area contributed by atoms with Gasteiger partial charge >= 0.3 is 5.97 Å². The lowest BCUT2D eigenvalue weighted by molar-refractivity contribution is -0.245. The first-order valence-electron chi connectivity index (χ1n) is 15.0. The molecule has 1 saturated heterocycles. The van der Waals surface area contributed by atoms with E-state index in [-0.39, 0.29) is 31.1 Å². The summed E-state index contributed by atoms with van der Waals surface area (Å²) in [4.78, 5) is 27.6. The second-order valence-electron chi connectivity index (χ2n) is 10.9. The molecule has 2 heterocycles. The number of thiazole rings is 1. The Kier molecular flexibility index (Phi) is 11.8. The molecule has 3 N–H and O–H groups in total. The first-order chi connectivity index (χ1) is 21.5. The lowest BCUT2D eigenvalue weighted by Crippen LogP contribution is -2.31. The van der Waals surface area contributed by atoms with Gasteiger partial charge in [0.2, 0.25) is 5.91 Å². The number of thioether (sulfide) groups is 1. The van der Waals surface area contributed by atoms with Gasteiger partial charge in [-0.2, -0.15) is 0 Å². The van der Waals surface area contributed by atoms with Crippen molar-refractivity contribution >= 4 is 45.2 Å². The fourth-order valence-electron chi connectivity index (χ4n) is 5.10. The van der Waals surface area contributed by atoms with Crippen LogP contribution in [0.15, 0.2) is 77.1 Å². The predicted molar refractivity (Wildman–Crippen MR) is 172 cm³/mol. The zero-order valence-corrected chi connectivity index (χ0v) is 26.2. The maximum Gasteiger partial charge on any atom is 0.303 e. The second kappa shape index (κ2) is 16.2. The third-order valence-corrected chi connectivity index (χ3v) is 9.88. The summed E-state index contributed by atoms with van der Waals surface area (Å²) in [6.07, 6.45) is 3.63. The van der Waals surface area contributed by atoms with Gasteiger partial charge in [0.1, 0.15) is 0 Å². The SMILES string of the molecule is O=C(O)CCCCCCC(=O)NCc1ccc([C@H]2O[C@@H](CSc3nc4ccccc4s3)C[C@@H](c3ccc(CO)cc3)O2)cc1. The molecule has 232 valence electrons. The van der Waals surface area contributed by atoms with Gasteiger partial charge in [0.05, 0.1) is 29.0 Å².